The molecule has 200 valence electrons. The molecular weight excluding hydrogens is 485 g/mol. The maximum atomic E-state index is 12.8. The lowest BCUT2D eigenvalue weighted by Gasteiger charge is -2.46. The van der Waals surface area contributed by atoms with E-state index < -0.39 is 17.6 Å². The first-order valence-corrected chi connectivity index (χ1v) is 12.7. The first-order chi connectivity index (χ1) is 17.6. The number of nitrogens with zero attached hydrogens (tertiary/aromatic N) is 2. The number of carbonyl (C=O) groups is 2. The van der Waals surface area contributed by atoms with Crippen molar-refractivity contribution in [3.8, 4) is 5.88 Å². The molecule has 37 heavy (non-hydrogen) atoms. The maximum absolute atomic E-state index is 12.8. The second kappa shape index (κ2) is 11.5. The molecule has 2 heterocycles. The Morgan fingerprint density at radius 3 is 2.46 bits per heavy atom. The van der Waals surface area contributed by atoms with Crippen molar-refractivity contribution in [3.05, 3.63) is 59.3 Å². The summed E-state index contributed by atoms with van der Waals surface area (Å²) in [6.45, 7) is 5.18. The summed E-state index contributed by atoms with van der Waals surface area (Å²) in [5, 5.41) is 5.28. The molecule has 0 atom stereocenters. The van der Waals surface area contributed by atoms with E-state index in [1.54, 1.807) is 0 Å². The van der Waals surface area contributed by atoms with Gasteiger partial charge in [0.1, 0.15) is 0 Å². The second-order valence-electron chi connectivity index (χ2n) is 10.1. The van der Waals surface area contributed by atoms with E-state index in [2.05, 4.69) is 26.6 Å². The summed E-state index contributed by atoms with van der Waals surface area (Å²) in [7, 11) is 0. The van der Waals surface area contributed by atoms with E-state index in [0.29, 0.717) is 17.8 Å². The van der Waals surface area contributed by atoms with Gasteiger partial charge in [0.25, 0.3) is 5.91 Å². The average Bonchev–Trinajstić information content (AvgIpc) is 2.84. The largest absolute Gasteiger partial charge is 0.475 e. The summed E-state index contributed by atoms with van der Waals surface area (Å²) in [5.74, 6) is 0.0713. The van der Waals surface area contributed by atoms with Crippen LogP contribution in [0.2, 0.25) is 0 Å². The van der Waals surface area contributed by atoms with Crippen molar-refractivity contribution in [2.24, 2.45) is 0 Å². The lowest BCUT2D eigenvalue weighted by molar-refractivity contribution is -0.137. The van der Waals surface area contributed by atoms with Crippen molar-refractivity contribution >= 4 is 11.8 Å². The van der Waals surface area contributed by atoms with Gasteiger partial charge in [0.2, 0.25) is 11.8 Å². The topological polar surface area (TPSA) is 83.6 Å². The Bertz CT molecular complexity index is 1080. The molecule has 10 heteroatoms. The van der Waals surface area contributed by atoms with Crippen LogP contribution in [0.5, 0.6) is 5.88 Å². The Labute approximate surface area is 214 Å². The van der Waals surface area contributed by atoms with E-state index in [9.17, 15) is 22.8 Å². The molecule has 0 radical (unpaired) electrons. The van der Waals surface area contributed by atoms with Crippen LogP contribution in [0.3, 0.4) is 0 Å². The summed E-state index contributed by atoms with van der Waals surface area (Å²) >= 11 is 0. The molecule has 1 aliphatic heterocycles. The van der Waals surface area contributed by atoms with Gasteiger partial charge in [-0.2, -0.15) is 13.2 Å². The summed E-state index contributed by atoms with van der Waals surface area (Å²) in [5.41, 5.74) is 0.207. The lowest BCUT2D eigenvalue weighted by atomic mass is 9.81. The first kappa shape index (κ1) is 26.9. The smallest absolute Gasteiger partial charge is 0.416 e. The van der Waals surface area contributed by atoms with E-state index in [-0.39, 0.29) is 30.2 Å². The van der Waals surface area contributed by atoms with Crippen LogP contribution in [0.15, 0.2) is 42.6 Å². The Morgan fingerprint density at radius 2 is 1.84 bits per heavy atom. The van der Waals surface area contributed by atoms with Gasteiger partial charge in [-0.3, -0.25) is 14.5 Å². The molecule has 0 bridgehead atoms. The molecule has 2 aliphatic rings. The highest BCUT2D eigenvalue weighted by Crippen LogP contribution is 2.36. The van der Waals surface area contributed by atoms with Gasteiger partial charge < -0.3 is 15.4 Å². The van der Waals surface area contributed by atoms with Gasteiger partial charge >= 0.3 is 6.18 Å². The third-order valence-corrected chi connectivity index (χ3v) is 6.94. The predicted octanol–water partition coefficient (Wildman–Crippen LogP) is 4.14. The van der Waals surface area contributed by atoms with Crippen LogP contribution in [0.25, 0.3) is 0 Å². The summed E-state index contributed by atoms with van der Waals surface area (Å²) < 4.78 is 44.1. The highest BCUT2D eigenvalue weighted by Gasteiger charge is 2.35. The zero-order valence-electron chi connectivity index (χ0n) is 21.1. The molecular formula is C27H33F3N4O3. The van der Waals surface area contributed by atoms with Crippen LogP contribution in [0.4, 0.5) is 13.2 Å². The van der Waals surface area contributed by atoms with Gasteiger partial charge in [0.05, 0.1) is 24.3 Å². The monoisotopic (exact) mass is 518 g/mol. The van der Waals surface area contributed by atoms with Crippen LogP contribution >= 0.6 is 0 Å². The number of likely N-dealkylation sites (tertiary alicyclic amines) is 1. The van der Waals surface area contributed by atoms with E-state index in [0.717, 1.165) is 50.9 Å². The van der Waals surface area contributed by atoms with Gasteiger partial charge in [0, 0.05) is 37.0 Å². The molecule has 0 spiro atoms. The third kappa shape index (κ3) is 7.21. The van der Waals surface area contributed by atoms with Crippen molar-refractivity contribution in [1.82, 2.24) is 20.5 Å². The Balaban J connectivity index is 1.15. The number of alkyl halides is 3. The molecule has 1 aromatic heterocycles. The Morgan fingerprint density at radius 1 is 1.11 bits per heavy atom. The van der Waals surface area contributed by atoms with Gasteiger partial charge in [0.15, 0.2) is 0 Å². The number of rotatable bonds is 8. The third-order valence-electron chi connectivity index (χ3n) is 6.94. The number of halogens is 3. The molecule has 2 aromatic rings. The van der Waals surface area contributed by atoms with Gasteiger partial charge in [-0.25, -0.2) is 4.98 Å². The number of amides is 2. The van der Waals surface area contributed by atoms with Crippen LogP contribution in [0, 0.1) is 0 Å². The number of hydrogen-bond acceptors (Lipinski definition) is 5. The average molecular weight is 519 g/mol. The number of benzene rings is 1. The zero-order valence-corrected chi connectivity index (χ0v) is 21.1. The van der Waals surface area contributed by atoms with Crippen LogP contribution in [-0.2, 0) is 11.0 Å². The minimum absolute atomic E-state index is 0.00776. The number of nitrogens with one attached hydrogen (secondary N) is 2. The molecule has 1 aromatic carbocycles. The summed E-state index contributed by atoms with van der Waals surface area (Å²) in [6, 6.07) is 8.67. The van der Waals surface area contributed by atoms with Crippen molar-refractivity contribution in [3.63, 3.8) is 0 Å². The van der Waals surface area contributed by atoms with Crippen LogP contribution in [-0.4, -0.2) is 59.5 Å². The van der Waals surface area contributed by atoms with Crippen LogP contribution in [0.1, 0.15) is 66.9 Å². The van der Waals surface area contributed by atoms with Gasteiger partial charge in [-0.05, 0) is 69.2 Å². The van der Waals surface area contributed by atoms with Crippen molar-refractivity contribution in [1.29, 1.82) is 0 Å². The normalized spacial score (nSPS) is 20.8. The highest BCUT2D eigenvalue weighted by molar-refractivity contribution is 5.96. The summed E-state index contributed by atoms with van der Waals surface area (Å²) in [6.07, 6.45) is 1.84. The van der Waals surface area contributed by atoms with Gasteiger partial charge in [-0.1, -0.05) is 12.1 Å². The number of aromatic nitrogens is 1. The second-order valence-corrected chi connectivity index (χ2v) is 10.1. The first-order valence-electron chi connectivity index (χ1n) is 12.7. The maximum Gasteiger partial charge on any atom is 0.416 e. The van der Waals surface area contributed by atoms with Gasteiger partial charge in [-0.15, -0.1) is 0 Å². The number of pyridine rings is 1. The Hall–Kier alpha value is -3.14. The van der Waals surface area contributed by atoms with E-state index in [1.807, 2.05) is 26.1 Å². The summed E-state index contributed by atoms with van der Waals surface area (Å²) in [4.78, 5) is 31.2. The van der Waals surface area contributed by atoms with Crippen molar-refractivity contribution in [2.75, 3.05) is 19.6 Å². The quantitative estimate of drug-likeness (QED) is 0.549. The number of ether oxygens (including phenoxy) is 1. The molecule has 0 unspecified atom stereocenters. The lowest BCUT2D eigenvalue weighted by Crippen LogP contribution is -2.63. The number of hydrogen-bond donors (Lipinski definition) is 2. The fraction of sp³-hybridized carbons (Fsp3) is 0.519. The molecule has 7 nitrogen and oxygen atoms in total. The number of carbonyl (C=O) groups excluding carboxylic acids is 2. The van der Waals surface area contributed by atoms with Crippen LogP contribution < -0.4 is 15.4 Å². The van der Waals surface area contributed by atoms with E-state index in [4.69, 9.17) is 4.74 Å². The predicted molar refractivity (Wildman–Crippen MR) is 132 cm³/mol. The molecule has 2 N–H and O–H groups in total. The minimum atomic E-state index is -4.53. The van der Waals surface area contributed by atoms with Crippen molar-refractivity contribution in [2.45, 2.75) is 69.8 Å². The molecule has 2 fully saturated rings. The fourth-order valence-electron chi connectivity index (χ4n) is 5.00. The molecule has 4 rings (SSSR count). The molecule has 1 aliphatic carbocycles. The molecule has 2 amide bonds. The fourth-order valence-corrected chi connectivity index (χ4v) is 5.00. The minimum Gasteiger partial charge on any atom is -0.475 e. The molecule has 1 saturated heterocycles. The molecule has 1 saturated carbocycles. The zero-order chi connectivity index (χ0) is 26.6. The van der Waals surface area contributed by atoms with E-state index in [1.165, 1.54) is 17.7 Å². The Kier molecular flexibility index (Phi) is 8.36. The van der Waals surface area contributed by atoms with Crippen molar-refractivity contribution < 1.29 is 27.5 Å². The van der Waals surface area contributed by atoms with E-state index >= 15 is 0 Å². The standard InChI is InChI=1S/C27H33F3N4O3/c1-17(2)37-25-11-8-20(13-31-25)18-6-9-23(10-7-18)34-15-22(16-34)33-24(35)14-32-26(36)19-4-3-5-21(12-19)27(28,29)30/h3-5,8,11-13,17-18,22-23H,6-7,9-10,14-16H2,1-2H3,(H,32,36)(H,33,35). The highest BCUT2D eigenvalue weighted by atomic mass is 19.4. The SMILES string of the molecule is CC(C)Oc1ccc(C2CCC(N3CC(NC(=O)CNC(=O)c4cccc(C(F)(F)F)c4)C3)CC2)cn1.